The minimum atomic E-state index is -0.511. The summed E-state index contributed by atoms with van der Waals surface area (Å²) in [6.45, 7) is 2.29. The van der Waals surface area contributed by atoms with Gasteiger partial charge in [0, 0.05) is 34.4 Å². The quantitative estimate of drug-likeness (QED) is 0.745. The van der Waals surface area contributed by atoms with Gasteiger partial charge in [-0.15, -0.1) is 0 Å². The summed E-state index contributed by atoms with van der Waals surface area (Å²) in [4.78, 5) is 0. The van der Waals surface area contributed by atoms with Crippen LogP contribution in [0.15, 0.2) is 0 Å². The molecule has 1 saturated carbocycles. The van der Waals surface area contributed by atoms with E-state index in [4.69, 9.17) is 0 Å². The topological polar surface area (TPSA) is 29.1 Å². The second kappa shape index (κ2) is 4.09. The number of hydrogen-bond donors (Lipinski definition) is 1. The smallest absolute Gasteiger partial charge is 0.0249 e. The molecule has 1 atom stereocenters. The first-order valence-electron chi connectivity index (χ1n) is 5.37. The maximum Gasteiger partial charge on any atom is 0.0249 e. The van der Waals surface area contributed by atoms with E-state index in [9.17, 15) is 4.21 Å². The molecule has 2 fully saturated rings. The lowest BCUT2D eigenvalue weighted by atomic mass is 10.1. The standard InChI is InChI=1S/C10H19NOS/c1-8(9-2-3-9)11-10-4-6-13(12)7-5-10/h8-11H,2-7H2,1H3. The Morgan fingerprint density at radius 3 is 2.38 bits per heavy atom. The van der Waals surface area contributed by atoms with Gasteiger partial charge in [-0.1, -0.05) is 0 Å². The Labute approximate surface area is 82.9 Å². The molecule has 13 heavy (non-hydrogen) atoms. The maximum atomic E-state index is 11.1. The average Bonchev–Trinajstić information content (AvgIpc) is 2.91. The van der Waals surface area contributed by atoms with Gasteiger partial charge in [0.1, 0.15) is 0 Å². The molecule has 1 N–H and O–H groups in total. The van der Waals surface area contributed by atoms with Crippen molar-refractivity contribution < 1.29 is 4.21 Å². The molecule has 1 aliphatic heterocycles. The number of nitrogens with one attached hydrogen (secondary N) is 1. The summed E-state index contributed by atoms with van der Waals surface area (Å²) in [5, 5.41) is 3.67. The molecule has 2 rings (SSSR count). The summed E-state index contributed by atoms with van der Waals surface area (Å²) in [5.74, 6) is 2.76. The van der Waals surface area contributed by atoms with Crippen LogP contribution < -0.4 is 5.32 Å². The highest BCUT2D eigenvalue weighted by atomic mass is 32.2. The monoisotopic (exact) mass is 201 g/mol. The van der Waals surface area contributed by atoms with Gasteiger partial charge in [-0.05, 0) is 38.5 Å². The van der Waals surface area contributed by atoms with Crippen LogP contribution in [-0.4, -0.2) is 27.8 Å². The van der Waals surface area contributed by atoms with Gasteiger partial charge in [0.2, 0.25) is 0 Å². The Hall–Kier alpha value is 0.110. The van der Waals surface area contributed by atoms with Crippen LogP contribution in [0.2, 0.25) is 0 Å². The summed E-state index contributed by atoms with van der Waals surface area (Å²) in [5.41, 5.74) is 0. The molecule has 1 heterocycles. The van der Waals surface area contributed by atoms with Gasteiger partial charge in [0.15, 0.2) is 0 Å². The van der Waals surface area contributed by atoms with Crippen LogP contribution in [0.4, 0.5) is 0 Å². The van der Waals surface area contributed by atoms with E-state index >= 15 is 0 Å². The van der Waals surface area contributed by atoms with E-state index in [2.05, 4.69) is 12.2 Å². The molecule has 1 saturated heterocycles. The van der Waals surface area contributed by atoms with E-state index in [1.807, 2.05) is 0 Å². The van der Waals surface area contributed by atoms with Crippen molar-refractivity contribution in [3.05, 3.63) is 0 Å². The zero-order valence-electron chi connectivity index (χ0n) is 8.29. The van der Waals surface area contributed by atoms with Gasteiger partial charge in [-0.25, -0.2) is 0 Å². The van der Waals surface area contributed by atoms with Crippen LogP contribution in [0.5, 0.6) is 0 Å². The van der Waals surface area contributed by atoms with Gasteiger partial charge in [0.25, 0.3) is 0 Å². The molecule has 1 aliphatic carbocycles. The van der Waals surface area contributed by atoms with Crippen molar-refractivity contribution in [2.24, 2.45) is 5.92 Å². The number of rotatable bonds is 3. The maximum absolute atomic E-state index is 11.1. The third kappa shape index (κ3) is 2.78. The van der Waals surface area contributed by atoms with Gasteiger partial charge in [0.05, 0.1) is 0 Å². The lowest BCUT2D eigenvalue weighted by Crippen LogP contribution is -2.41. The predicted molar refractivity (Wildman–Crippen MR) is 56.2 cm³/mol. The van der Waals surface area contributed by atoms with Crippen molar-refractivity contribution in [2.75, 3.05) is 11.5 Å². The SMILES string of the molecule is CC(NC1CCS(=O)CC1)C1CC1. The van der Waals surface area contributed by atoms with Gasteiger partial charge >= 0.3 is 0 Å². The summed E-state index contributed by atoms with van der Waals surface area (Å²) in [6.07, 6.45) is 5.05. The van der Waals surface area contributed by atoms with Crippen molar-refractivity contribution in [1.29, 1.82) is 0 Å². The van der Waals surface area contributed by atoms with Crippen LogP contribution in [0.3, 0.4) is 0 Å². The van der Waals surface area contributed by atoms with E-state index < -0.39 is 10.8 Å². The largest absolute Gasteiger partial charge is 0.311 e. The zero-order valence-corrected chi connectivity index (χ0v) is 9.11. The predicted octanol–water partition coefficient (Wildman–Crippen LogP) is 1.29. The second-order valence-corrected chi connectivity index (χ2v) is 6.11. The molecule has 1 unspecified atom stereocenters. The van der Waals surface area contributed by atoms with Crippen LogP contribution in [0, 0.1) is 5.92 Å². The molecule has 0 spiro atoms. The lowest BCUT2D eigenvalue weighted by molar-refractivity contribution is 0.394. The Kier molecular flexibility index (Phi) is 3.04. The Balaban J connectivity index is 1.71. The first kappa shape index (κ1) is 9.66. The molecule has 0 aromatic carbocycles. The van der Waals surface area contributed by atoms with Crippen molar-refractivity contribution in [3.8, 4) is 0 Å². The Morgan fingerprint density at radius 2 is 1.85 bits per heavy atom. The molecule has 0 bridgehead atoms. The zero-order chi connectivity index (χ0) is 9.26. The van der Waals surface area contributed by atoms with Crippen molar-refractivity contribution in [2.45, 2.75) is 44.7 Å². The van der Waals surface area contributed by atoms with E-state index in [1.54, 1.807) is 0 Å². The Morgan fingerprint density at radius 1 is 1.23 bits per heavy atom. The molecule has 0 amide bonds. The van der Waals surface area contributed by atoms with Gasteiger partial charge < -0.3 is 5.32 Å². The fraction of sp³-hybridized carbons (Fsp3) is 1.00. The van der Waals surface area contributed by atoms with Gasteiger partial charge in [-0.3, -0.25) is 4.21 Å². The molecule has 0 aromatic rings. The van der Waals surface area contributed by atoms with Crippen LogP contribution in [-0.2, 0) is 10.8 Å². The van der Waals surface area contributed by atoms with E-state index in [0.717, 1.165) is 30.3 Å². The summed E-state index contributed by atoms with van der Waals surface area (Å²) >= 11 is 0. The van der Waals surface area contributed by atoms with Crippen LogP contribution in [0.1, 0.15) is 32.6 Å². The van der Waals surface area contributed by atoms with E-state index in [1.165, 1.54) is 12.8 Å². The van der Waals surface area contributed by atoms with Crippen LogP contribution >= 0.6 is 0 Å². The first-order chi connectivity index (χ1) is 6.25. The average molecular weight is 201 g/mol. The fourth-order valence-electron chi connectivity index (χ4n) is 2.06. The van der Waals surface area contributed by atoms with E-state index in [-0.39, 0.29) is 0 Å². The van der Waals surface area contributed by atoms with Crippen molar-refractivity contribution >= 4 is 10.8 Å². The third-order valence-electron chi connectivity index (χ3n) is 3.22. The van der Waals surface area contributed by atoms with Gasteiger partial charge in [-0.2, -0.15) is 0 Å². The summed E-state index contributed by atoms with van der Waals surface area (Å²) in [7, 11) is -0.511. The highest BCUT2D eigenvalue weighted by Gasteiger charge is 2.30. The molecule has 2 aliphatic rings. The highest BCUT2D eigenvalue weighted by Crippen LogP contribution is 2.32. The molecular weight excluding hydrogens is 182 g/mol. The normalized spacial score (nSPS) is 37.3. The van der Waals surface area contributed by atoms with E-state index in [0.29, 0.717) is 12.1 Å². The molecule has 2 nitrogen and oxygen atoms in total. The molecule has 0 aromatic heterocycles. The molecular formula is C10H19NOS. The summed E-state index contributed by atoms with van der Waals surface area (Å²) < 4.78 is 11.1. The minimum Gasteiger partial charge on any atom is -0.311 e. The number of hydrogen-bond acceptors (Lipinski definition) is 2. The van der Waals surface area contributed by atoms with Crippen LogP contribution in [0.25, 0.3) is 0 Å². The second-order valence-electron chi connectivity index (χ2n) is 4.42. The molecule has 3 heteroatoms. The molecule has 0 radical (unpaired) electrons. The fourth-order valence-corrected chi connectivity index (χ4v) is 3.36. The minimum absolute atomic E-state index is 0.511. The van der Waals surface area contributed by atoms with Crippen molar-refractivity contribution in [3.63, 3.8) is 0 Å². The molecule has 76 valence electrons. The highest BCUT2D eigenvalue weighted by molar-refractivity contribution is 7.85. The first-order valence-corrected chi connectivity index (χ1v) is 6.85. The Bertz CT molecular complexity index is 193. The lowest BCUT2D eigenvalue weighted by Gasteiger charge is -2.26. The van der Waals surface area contributed by atoms with Crippen molar-refractivity contribution in [1.82, 2.24) is 5.32 Å². The third-order valence-corrected chi connectivity index (χ3v) is 4.60. The summed E-state index contributed by atoms with van der Waals surface area (Å²) in [6, 6.07) is 1.34.